The Bertz CT molecular complexity index is 1440. The fraction of sp³-hybridized carbons (Fsp3) is 0.724. The lowest BCUT2D eigenvalue weighted by Crippen LogP contribution is -2.61. The summed E-state index contributed by atoms with van der Waals surface area (Å²) in [6.45, 7) is 5.57. The number of nitrogens with one attached hydrogen (secondary N) is 1. The van der Waals surface area contributed by atoms with Gasteiger partial charge in [-0.2, -0.15) is 0 Å². The first kappa shape index (κ1) is 63.9. The minimum atomic E-state index is -1.62. The van der Waals surface area contributed by atoms with Gasteiger partial charge in [-0.1, -0.05) is 241 Å². The second-order valence-electron chi connectivity index (χ2n) is 18.7. The van der Waals surface area contributed by atoms with Crippen LogP contribution in [0.25, 0.3) is 0 Å². The summed E-state index contributed by atoms with van der Waals surface area (Å²) in [5.74, 6) is -1.25. The maximum Gasteiger partial charge on any atom is 0.306 e. The van der Waals surface area contributed by atoms with Gasteiger partial charge in [-0.05, 0) is 44.9 Å². The SMILES string of the molecule is CC\C=C/C=C/C=C/C=C\C=C\C=C\CCCCC(O)C(=O)NC(COC1OC(CO)C(O)C(O)C1OC(=O)CCCCCCCCCCCCC)C(O)/C=C/CCCCCCCCCCCCC. The van der Waals surface area contributed by atoms with Crippen molar-refractivity contribution >= 4 is 11.9 Å². The fourth-order valence-electron chi connectivity index (χ4n) is 8.09. The van der Waals surface area contributed by atoms with Crippen molar-refractivity contribution in [1.82, 2.24) is 5.32 Å². The van der Waals surface area contributed by atoms with E-state index in [1.165, 1.54) is 96.3 Å². The monoisotopic (exact) mass is 970 g/mol. The van der Waals surface area contributed by atoms with Crippen LogP contribution in [0.1, 0.15) is 207 Å². The Kier molecular flexibility index (Phi) is 42.5. The number of amides is 1. The summed E-state index contributed by atoms with van der Waals surface area (Å²) in [6, 6.07) is -1.05. The Hall–Kier alpha value is -3.16. The molecule has 1 amide bonds. The van der Waals surface area contributed by atoms with Gasteiger partial charge in [0.2, 0.25) is 5.91 Å². The van der Waals surface area contributed by atoms with Crippen molar-refractivity contribution in [2.24, 2.45) is 0 Å². The molecule has 1 fully saturated rings. The minimum Gasteiger partial charge on any atom is -0.454 e. The molecule has 0 aromatic carbocycles. The number of ether oxygens (including phenoxy) is 3. The zero-order valence-electron chi connectivity index (χ0n) is 43.4. The molecule has 11 nitrogen and oxygen atoms in total. The van der Waals surface area contributed by atoms with E-state index in [2.05, 4.69) is 32.2 Å². The molecule has 1 saturated heterocycles. The Morgan fingerprint density at radius 3 is 1.57 bits per heavy atom. The van der Waals surface area contributed by atoms with E-state index in [-0.39, 0.29) is 19.4 Å². The highest BCUT2D eigenvalue weighted by Gasteiger charge is 2.47. The van der Waals surface area contributed by atoms with E-state index in [0.717, 1.165) is 64.2 Å². The molecule has 0 bridgehead atoms. The van der Waals surface area contributed by atoms with Gasteiger partial charge in [0.05, 0.1) is 25.4 Å². The number of hydrogen-bond donors (Lipinski definition) is 6. The molecule has 1 aliphatic heterocycles. The fourth-order valence-corrected chi connectivity index (χ4v) is 8.09. The van der Waals surface area contributed by atoms with Crippen LogP contribution in [-0.4, -0.2) is 99.6 Å². The maximum absolute atomic E-state index is 13.3. The average molecular weight is 970 g/mol. The predicted octanol–water partition coefficient (Wildman–Crippen LogP) is 11.8. The normalized spacial score (nSPS) is 20.5. The largest absolute Gasteiger partial charge is 0.454 e. The summed E-state index contributed by atoms with van der Waals surface area (Å²) in [4.78, 5) is 26.4. The number of hydrogen-bond acceptors (Lipinski definition) is 10. The molecule has 0 aromatic heterocycles. The second kappa shape index (κ2) is 45.9. The highest BCUT2D eigenvalue weighted by molar-refractivity contribution is 5.80. The molecule has 11 heteroatoms. The van der Waals surface area contributed by atoms with Gasteiger partial charge >= 0.3 is 5.97 Å². The molecule has 1 rings (SSSR count). The number of carbonyl (C=O) groups excluding carboxylic acids is 2. The van der Waals surface area contributed by atoms with E-state index in [0.29, 0.717) is 12.8 Å². The lowest BCUT2D eigenvalue weighted by atomic mass is 9.99. The molecule has 1 heterocycles. The Balaban J connectivity index is 2.82. The molecular weight excluding hydrogens is 871 g/mol. The Morgan fingerprint density at radius 1 is 0.580 bits per heavy atom. The van der Waals surface area contributed by atoms with E-state index in [1.54, 1.807) is 6.08 Å². The predicted molar refractivity (Wildman–Crippen MR) is 282 cm³/mol. The van der Waals surface area contributed by atoms with Gasteiger partial charge < -0.3 is 45.1 Å². The van der Waals surface area contributed by atoms with Crippen LogP contribution in [0, 0.1) is 0 Å². The molecule has 1 aliphatic rings. The quantitative estimate of drug-likeness (QED) is 0.0149. The van der Waals surface area contributed by atoms with E-state index >= 15 is 0 Å². The average Bonchev–Trinajstić information content (AvgIpc) is 3.34. The number of aliphatic hydroxyl groups is 5. The highest BCUT2D eigenvalue weighted by atomic mass is 16.7. The van der Waals surface area contributed by atoms with Gasteiger partial charge in [0.1, 0.15) is 24.4 Å². The third kappa shape index (κ3) is 34.7. The summed E-state index contributed by atoms with van der Waals surface area (Å²) in [5, 5.41) is 56.6. The number of aliphatic hydroxyl groups excluding tert-OH is 5. The maximum atomic E-state index is 13.3. The van der Waals surface area contributed by atoms with Gasteiger partial charge in [-0.3, -0.25) is 9.59 Å². The minimum absolute atomic E-state index is 0.116. The van der Waals surface area contributed by atoms with Crippen LogP contribution in [0.15, 0.2) is 85.1 Å². The van der Waals surface area contributed by atoms with Crippen molar-refractivity contribution in [1.29, 1.82) is 0 Å². The number of unbranched alkanes of at least 4 members (excludes halogenated alkanes) is 23. The molecule has 0 aliphatic carbocycles. The summed E-state index contributed by atoms with van der Waals surface area (Å²) < 4.78 is 17.5. The van der Waals surface area contributed by atoms with Crippen LogP contribution in [0.3, 0.4) is 0 Å². The highest BCUT2D eigenvalue weighted by Crippen LogP contribution is 2.26. The van der Waals surface area contributed by atoms with Crippen LogP contribution in [-0.2, 0) is 23.8 Å². The summed E-state index contributed by atoms with van der Waals surface area (Å²) >= 11 is 0. The topological polar surface area (TPSA) is 175 Å². The van der Waals surface area contributed by atoms with Crippen LogP contribution < -0.4 is 5.32 Å². The van der Waals surface area contributed by atoms with Gasteiger partial charge in [0.15, 0.2) is 12.4 Å². The first-order valence-electron chi connectivity index (χ1n) is 27.4. The third-order valence-corrected chi connectivity index (χ3v) is 12.5. The molecular formula is C58H99NO10. The Morgan fingerprint density at radius 2 is 1.04 bits per heavy atom. The van der Waals surface area contributed by atoms with Crippen molar-refractivity contribution in [2.45, 2.75) is 256 Å². The molecule has 0 spiro atoms. The number of allylic oxidation sites excluding steroid dienone is 13. The van der Waals surface area contributed by atoms with Crippen LogP contribution >= 0.6 is 0 Å². The van der Waals surface area contributed by atoms with Gasteiger partial charge in [0, 0.05) is 6.42 Å². The molecule has 8 atom stereocenters. The Labute approximate surface area is 419 Å². The smallest absolute Gasteiger partial charge is 0.306 e. The molecule has 6 N–H and O–H groups in total. The van der Waals surface area contributed by atoms with E-state index in [9.17, 15) is 35.1 Å². The first-order valence-corrected chi connectivity index (χ1v) is 27.4. The van der Waals surface area contributed by atoms with Crippen molar-refractivity contribution < 1.29 is 49.3 Å². The van der Waals surface area contributed by atoms with Gasteiger partial charge in [-0.15, -0.1) is 0 Å². The third-order valence-electron chi connectivity index (χ3n) is 12.5. The molecule has 69 heavy (non-hydrogen) atoms. The van der Waals surface area contributed by atoms with E-state index in [4.69, 9.17) is 14.2 Å². The molecule has 0 aromatic rings. The summed E-state index contributed by atoms with van der Waals surface area (Å²) in [6.07, 6.45) is 47.7. The van der Waals surface area contributed by atoms with Gasteiger partial charge in [0.25, 0.3) is 0 Å². The number of carbonyl (C=O) groups is 2. The summed E-state index contributed by atoms with van der Waals surface area (Å²) in [5.41, 5.74) is 0. The zero-order valence-corrected chi connectivity index (χ0v) is 43.4. The van der Waals surface area contributed by atoms with Crippen molar-refractivity contribution in [3.63, 3.8) is 0 Å². The molecule has 0 radical (unpaired) electrons. The van der Waals surface area contributed by atoms with Crippen LogP contribution in [0.2, 0.25) is 0 Å². The van der Waals surface area contributed by atoms with Gasteiger partial charge in [-0.25, -0.2) is 0 Å². The van der Waals surface area contributed by atoms with Crippen molar-refractivity contribution in [3.8, 4) is 0 Å². The van der Waals surface area contributed by atoms with Crippen LogP contribution in [0.4, 0.5) is 0 Å². The standard InChI is InChI=1S/C58H99NO10/c1-4-7-10-13-16-19-22-24-25-26-28-31-33-36-39-42-45-51(62)57(66)59-49(50(61)44-41-38-35-32-30-27-23-20-17-14-11-8-5-2)48-67-58-56(55(65)54(64)52(47-60)68-58)69-53(63)46-43-40-37-34-29-21-18-15-12-9-6-3/h7,10,13,16,19,22,24-26,28,31,33,41,44,49-52,54-56,58,60-62,64-65H,4-6,8-9,11-12,14-15,17-18,20-21,23,27,29-30,32,34-40,42-43,45-48H2,1-3H3,(H,59,66)/b10-7-,16-13+,22-19+,25-24-,28-26+,33-31+,44-41+. The van der Waals surface area contributed by atoms with Crippen molar-refractivity contribution in [2.75, 3.05) is 13.2 Å². The first-order chi connectivity index (χ1) is 33.7. The van der Waals surface area contributed by atoms with Crippen molar-refractivity contribution in [3.05, 3.63) is 85.1 Å². The zero-order chi connectivity index (χ0) is 50.4. The lowest BCUT2D eigenvalue weighted by molar-refractivity contribution is -0.305. The lowest BCUT2D eigenvalue weighted by Gasteiger charge is -2.41. The van der Waals surface area contributed by atoms with E-state index < -0.39 is 67.4 Å². The second-order valence-corrected chi connectivity index (χ2v) is 18.7. The number of esters is 1. The molecule has 0 saturated carbocycles. The van der Waals surface area contributed by atoms with Crippen LogP contribution in [0.5, 0.6) is 0 Å². The summed E-state index contributed by atoms with van der Waals surface area (Å²) in [7, 11) is 0. The number of rotatable bonds is 44. The molecule has 396 valence electrons. The molecule has 8 unspecified atom stereocenters. The van der Waals surface area contributed by atoms with E-state index in [1.807, 2.05) is 72.9 Å².